The minimum atomic E-state index is -0.138. The Kier molecular flexibility index (Phi) is 4.05. The number of hydrogen-bond acceptors (Lipinski definition) is 3. The van der Waals surface area contributed by atoms with Gasteiger partial charge in [-0.2, -0.15) is 0 Å². The van der Waals surface area contributed by atoms with E-state index in [0.717, 1.165) is 5.56 Å². The number of hydrogen-bond donors (Lipinski definition) is 0. The molecule has 112 valence electrons. The first-order chi connectivity index (χ1) is 10.5. The number of aryl methyl sites for hydroxylation is 1. The lowest BCUT2D eigenvalue weighted by molar-refractivity contribution is 0.301. The fourth-order valence-corrected chi connectivity index (χ4v) is 2.34. The molecule has 0 unspecified atom stereocenters. The lowest BCUT2D eigenvalue weighted by atomic mass is 10.3. The van der Waals surface area contributed by atoms with Gasteiger partial charge in [0.2, 0.25) is 0 Å². The van der Waals surface area contributed by atoms with Crippen LogP contribution < -0.4 is 10.3 Å². The van der Waals surface area contributed by atoms with E-state index in [4.69, 9.17) is 27.9 Å². The molecule has 0 bridgehead atoms. The summed E-state index contributed by atoms with van der Waals surface area (Å²) in [5.74, 6) is 0.570. The number of fused-ring (bicyclic) bond motifs is 1. The van der Waals surface area contributed by atoms with Crippen molar-refractivity contribution in [1.29, 1.82) is 0 Å². The zero-order valence-corrected chi connectivity index (χ0v) is 13.2. The summed E-state index contributed by atoms with van der Waals surface area (Å²) >= 11 is 11.8. The molecule has 0 aliphatic carbocycles. The van der Waals surface area contributed by atoms with Crippen LogP contribution in [0.3, 0.4) is 0 Å². The molecule has 6 heteroatoms. The molecule has 0 aliphatic rings. The number of benzene rings is 1. The number of aromatic nitrogens is 2. The second-order valence-electron chi connectivity index (χ2n) is 4.88. The second kappa shape index (κ2) is 5.99. The average molecular weight is 335 g/mol. The highest BCUT2D eigenvalue weighted by Crippen LogP contribution is 2.26. The quantitative estimate of drug-likeness (QED) is 0.729. The minimum Gasteiger partial charge on any atom is -0.487 e. The predicted molar refractivity (Wildman–Crippen MR) is 87.0 cm³/mol. The van der Waals surface area contributed by atoms with Gasteiger partial charge < -0.3 is 4.74 Å². The average Bonchev–Trinajstić information content (AvgIpc) is 2.49. The van der Waals surface area contributed by atoms with Gasteiger partial charge in [-0.25, -0.2) is 4.98 Å². The van der Waals surface area contributed by atoms with Crippen molar-refractivity contribution in [3.05, 3.63) is 74.3 Å². The molecule has 0 amide bonds. The zero-order chi connectivity index (χ0) is 15.7. The van der Waals surface area contributed by atoms with Crippen LogP contribution in [0.4, 0.5) is 0 Å². The van der Waals surface area contributed by atoms with Gasteiger partial charge in [-0.15, -0.1) is 0 Å². The van der Waals surface area contributed by atoms with Crippen LogP contribution in [-0.2, 0) is 6.61 Å². The van der Waals surface area contributed by atoms with E-state index in [-0.39, 0.29) is 12.2 Å². The first kappa shape index (κ1) is 14.9. The molecule has 0 atom stereocenters. The smallest absolute Gasteiger partial charge is 0.258 e. The van der Waals surface area contributed by atoms with E-state index in [0.29, 0.717) is 27.1 Å². The van der Waals surface area contributed by atoms with Gasteiger partial charge >= 0.3 is 0 Å². The van der Waals surface area contributed by atoms with Gasteiger partial charge in [-0.1, -0.05) is 29.3 Å². The molecule has 0 saturated carbocycles. The molecule has 0 fully saturated rings. The summed E-state index contributed by atoms with van der Waals surface area (Å²) in [6.07, 6.45) is 1.76. The topological polar surface area (TPSA) is 43.6 Å². The van der Waals surface area contributed by atoms with Crippen LogP contribution in [0.25, 0.3) is 5.65 Å². The van der Waals surface area contributed by atoms with E-state index in [2.05, 4.69) is 4.98 Å². The van der Waals surface area contributed by atoms with Crippen molar-refractivity contribution in [3.63, 3.8) is 0 Å². The van der Waals surface area contributed by atoms with Crippen LogP contribution in [0.15, 0.2) is 47.4 Å². The molecule has 2 heterocycles. The molecule has 3 rings (SSSR count). The number of halogens is 2. The van der Waals surface area contributed by atoms with Crippen LogP contribution in [0, 0.1) is 6.92 Å². The molecule has 2 aromatic heterocycles. The van der Waals surface area contributed by atoms with Crippen molar-refractivity contribution in [2.24, 2.45) is 0 Å². The summed E-state index contributed by atoms with van der Waals surface area (Å²) in [4.78, 5) is 16.5. The first-order valence-electron chi connectivity index (χ1n) is 6.60. The van der Waals surface area contributed by atoms with Gasteiger partial charge in [-0.3, -0.25) is 9.20 Å². The van der Waals surface area contributed by atoms with Crippen molar-refractivity contribution >= 4 is 28.8 Å². The first-order valence-corrected chi connectivity index (χ1v) is 7.35. The van der Waals surface area contributed by atoms with E-state index < -0.39 is 0 Å². The van der Waals surface area contributed by atoms with Crippen molar-refractivity contribution in [2.45, 2.75) is 13.5 Å². The molecular weight excluding hydrogens is 323 g/mol. The Bertz CT molecular complexity index is 906. The Morgan fingerprint density at radius 3 is 2.73 bits per heavy atom. The van der Waals surface area contributed by atoms with Gasteiger partial charge in [0.15, 0.2) is 0 Å². The van der Waals surface area contributed by atoms with Crippen LogP contribution in [-0.4, -0.2) is 9.38 Å². The summed E-state index contributed by atoms with van der Waals surface area (Å²) in [6, 6.07) is 10.2. The van der Waals surface area contributed by atoms with E-state index in [1.807, 2.05) is 13.0 Å². The van der Waals surface area contributed by atoms with E-state index in [1.165, 1.54) is 10.5 Å². The molecule has 0 aliphatic heterocycles. The summed E-state index contributed by atoms with van der Waals surface area (Å²) < 4.78 is 7.11. The molecule has 0 saturated heterocycles. The highest BCUT2D eigenvalue weighted by atomic mass is 35.5. The molecular formula is C16H12Cl2N2O2. The summed E-state index contributed by atoms with van der Waals surface area (Å²) in [7, 11) is 0. The summed E-state index contributed by atoms with van der Waals surface area (Å²) in [5.41, 5.74) is 2.00. The van der Waals surface area contributed by atoms with Crippen LogP contribution in [0.5, 0.6) is 5.75 Å². The Morgan fingerprint density at radius 1 is 1.14 bits per heavy atom. The number of rotatable bonds is 3. The Morgan fingerprint density at radius 2 is 1.95 bits per heavy atom. The number of ether oxygens (including phenoxy) is 1. The third kappa shape index (κ3) is 3.08. The Labute approximate surface area is 136 Å². The third-order valence-corrected chi connectivity index (χ3v) is 3.88. The third-order valence-electron chi connectivity index (χ3n) is 3.14. The summed E-state index contributed by atoms with van der Waals surface area (Å²) in [6.45, 7) is 2.10. The van der Waals surface area contributed by atoms with Crippen molar-refractivity contribution < 1.29 is 4.74 Å². The van der Waals surface area contributed by atoms with Gasteiger partial charge in [0, 0.05) is 18.3 Å². The predicted octanol–water partition coefficient (Wildman–Crippen LogP) is 3.89. The SMILES string of the molecule is Cc1ccc2nc(COc3ccc(Cl)c(Cl)c3)cc(=O)n2c1. The molecule has 22 heavy (non-hydrogen) atoms. The fraction of sp³-hybridized carbons (Fsp3) is 0.125. The largest absolute Gasteiger partial charge is 0.487 e. The lowest BCUT2D eigenvalue weighted by Gasteiger charge is -2.08. The van der Waals surface area contributed by atoms with Crippen LogP contribution in [0.2, 0.25) is 10.0 Å². The maximum Gasteiger partial charge on any atom is 0.258 e. The highest BCUT2D eigenvalue weighted by molar-refractivity contribution is 6.42. The van der Waals surface area contributed by atoms with Crippen molar-refractivity contribution in [1.82, 2.24) is 9.38 Å². The van der Waals surface area contributed by atoms with Crippen LogP contribution >= 0.6 is 23.2 Å². The Balaban J connectivity index is 1.86. The fourth-order valence-electron chi connectivity index (χ4n) is 2.06. The number of nitrogens with zero attached hydrogens (tertiary/aromatic N) is 2. The van der Waals surface area contributed by atoms with Crippen molar-refractivity contribution in [3.8, 4) is 5.75 Å². The molecule has 3 aromatic rings. The second-order valence-corrected chi connectivity index (χ2v) is 5.70. The van der Waals surface area contributed by atoms with E-state index in [1.54, 1.807) is 30.5 Å². The van der Waals surface area contributed by atoms with Gasteiger partial charge in [0.25, 0.3) is 5.56 Å². The molecule has 0 radical (unpaired) electrons. The zero-order valence-electron chi connectivity index (χ0n) is 11.7. The molecule has 0 N–H and O–H groups in total. The van der Waals surface area contributed by atoms with Crippen molar-refractivity contribution in [2.75, 3.05) is 0 Å². The van der Waals surface area contributed by atoms with E-state index in [9.17, 15) is 4.79 Å². The maximum absolute atomic E-state index is 12.1. The highest BCUT2D eigenvalue weighted by Gasteiger charge is 2.05. The Hall–Kier alpha value is -2.04. The monoisotopic (exact) mass is 334 g/mol. The molecule has 0 spiro atoms. The minimum absolute atomic E-state index is 0.138. The van der Waals surface area contributed by atoms with Gasteiger partial charge in [0.1, 0.15) is 18.0 Å². The van der Waals surface area contributed by atoms with Crippen LogP contribution in [0.1, 0.15) is 11.3 Å². The lowest BCUT2D eigenvalue weighted by Crippen LogP contribution is -2.16. The maximum atomic E-state index is 12.1. The molecule has 4 nitrogen and oxygen atoms in total. The number of pyridine rings is 1. The van der Waals surface area contributed by atoms with Gasteiger partial charge in [-0.05, 0) is 30.7 Å². The van der Waals surface area contributed by atoms with E-state index >= 15 is 0 Å². The van der Waals surface area contributed by atoms with Gasteiger partial charge in [0.05, 0.1) is 15.7 Å². The standard InChI is InChI=1S/C16H12Cl2N2O2/c1-10-2-5-15-19-11(6-16(21)20(15)8-10)9-22-12-3-4-13(17)14(18)7-12/h2-8H,9H2,1H3. The summed E-state index contributed by atoms with van der Waals surface area (Å²) in [5, 5.41) is 0.882. The normalized spacial score (nSPS) is 10.9. The molecule has 1 aromatic carbocycles.